The molecule has 0 bridgehead atoms. The second kappa shape index (κ2) is 9.58. The summed E-state index contributed by atoms with van der Waals surface area (Å²) >= 11 is 0. The Bertz CT molecular complexity index is 1360. The average molecular weight is 499 g/mol. The van der Waals surface area contributed by atoms with Gasteiger partial charge < -0.3 is 14.8 Å². The van der Waals surface area contributed by atoms with Crippen LogP contribution in [0.3, 0.4) is 0 Å². The van der Waals surface area contributed by atoms with Gasteiger partial charge in [-0.15, -0.1) is 10.2 Å². The molecule has 0 unspecified atom stereocenters. The van der Waals surface area contributed by atoms with E-state index in [0.29, 0.717) is 34.9 Å². The van der Waals surface area contributed by atoms with Crippen molar-refractivity contribution in [3.63, 3.8) is 0 Å². The fraction of sp³-hybridized carbons (Fsp3) is 0.500. The molecule has 2 fully saturated rings. The van der Waals surface area contributed by atoms with Gasteiger partial charge in [-0.05, 0) is 36.6 Å². The zero-order valence-corrected chi connectivity index (χ0v) is 20.0. The first-order chi connectivity index (χ1) is 17.6. The van der Waals surface area contributed by atoms with Crippen molar-refractivity contribution in [3.8, 4) is 17.0 Å². The molecule has 1 N–H and O–H groups in total. The standard InChI is InChI=1S/C24H28F2N8O2/c1-35-23-22-18(15-2-3-19-20(12-15)33(31-29-19)11-7-21(25)26)6-10-34(22)30-24(28-23)27-16-4-8-32(9-5-16)17-13-36-14-17/h2-3,6,10,12,16-17,21H,4-5,7-9,11,13-14H2,1H3,(H,27,30). The fourth-order valence-electron chi connectivity index (χ4n) is 4.97. The number of piperidine rings is 1. The Morgan fingerprint density at radius 2 is 2.03 bits per heavy atom. The summed E-state index contributed by atoms with van der Waals surface area (Å²) in [6, 6.07) is 8.48. The van der Waals surface area contributed by atoms with E-state index >= 15 is 0 Å². The molecule has 12 heteroatoms. The molecule has 36 heavy (non-hydrogen) atoms. The molecule has 3 aromatic heterocycles. The SMILES string of the molecule is COc1nc(NC2CCN(C3COC3)CC2)nn2ccc(-c3ccc4nnn(CCC(F)F)c4c3)c12. The third kappa shape index (κ3) is 4.35. The highest BCUT2D eigenvalue weighted by molar-refractivity contribution is 5.89. The molecule has 5 heterocycles. The maximum atomic E-state index is 12.7. The number of aromatic nitrogens is 6. The summed E-state index contributed by atoms with van der Waals surface area (Å²) in [5, 5.41) is 16.3. The monoisotopic (exact) mass is 498 g/mol. The Labute approximate surface area is 206 Å². The van der Waals surface area contributed by atoms with Crippen molar-refractivity contribution in [2.45, 2.75) is 44.3 Å². The van der Waals surface area contributed by atoms with E-state index in [0.717, 1.165) is 55.8 Å². The van der Waals surface area contributed by atoms with Crippen LogP contribution < -0.4 is 10.1 Å². The van der Waals surface area contributed by atoms with Gasteiger partial charge in [0.05, 0.1) is 31.9 Å². The number of benzene rings is 1. The normalized spacial score (nSPS) is 17.8. The van der Waals surface area contributed by atoms with Gasteiger partial charge >= 0.3 is 0 Å². The third-order valence-electron chi connectivity index (χ3n) is 7.06. The number of hydrogen-bond donors (Lipinski definition) is 1. The van der Waals surface area contributed by atoms with Crippen LogP contribution in [0, 0.1) is 0 Å². The first-order valence-electron chi connectivity index (χ1n) is 12.2. The molecule has 4 aromatic rings. The van der Waals surface area contributed by atoms with Gasteiger partial charge in [0.1, 0.15) is 11.0 Å². The second-order valence-corrected chi connectivity index (χ2v) is 9.31. The predicted molar refractivity (Wildman–Crippen MR) is 130 cm³/mol. The molecule has 2 saturated heterocycles. The van der Waals surface area contributed by atoms with E-state index in [9.17, 15) is 8.78 Å². The Kier molecular flexibility index (Phi) is 6.13. The summed E-state index contributed by atoms with van der Waals surface area (Å²) in [6.45, 7) is 3.84. The molecule has 0 amide bonds. The number of methoxy groups -OCH3 is 1. The first-order valence-corrected chi connectivity index (χ1v) is 12.2. The molecule has 1 aromatic carbocycles. The van der Waals surface area contributed by atoms with Crippen LogP contribution in [0.1, 0.15) is 19.3 Å². The van der Waals surface area contributed by atoms with E-state index in [2.05, 4.69) is 25.5 Å². The zero-order chi connectivity index (χ0) is 24.6. The van der Waals surface area contributed by atoms with Gasteiger partial charge in [0, 0.05) is 43.9 Å². The lowest BCUT2D eigenvalue weighted by Crippen LogP contribution is -2.53. The van der Waals surface area contributed by atoms with Crippen molar-refractivity contribution in [3.05, 3.63) is 30.5 Å². The van der Waals surface area contributed by atoms with Gasteiger partial charge in [-0.25, -0.2) is 18.0 Å². The van der Waals surface area contributed by atoms with Crippen molar-refractivity contribution < 1.29 is 18.3 Å². The molecule has 0 radical (unpaired) electrons. The summed E-state index contributed by atoms with van der Waals surface area (Å²) < 4.78 is 39.7. The lowest BCUT2D eigenvalue weighted by molar-refractivity contribution is -0.0705. The number of anilines is 1. The number of aryl methyl sites for hydroxylation is 1. The van der Waals surface area contributed by atoms with Gasteiger partial charge in [-0.3, -0.25) is 4.90 Å². The smallest absolute Gasteiger partial charge is 0.244 e. The van der Waals surface area contributed by atoms with E-state index in [4.69, 9.17) is 14.6 Å². The summed E-state index contributed by atoms with van der Waals surface area (Å²) in [5.41, 5.74) is 3.83. The van der Waals surface area contributed by atoms with Crippen LogP contribution in [0.5, 0.6) is 5.88 Å². The van der Waals surface area contributed by atoms with Gasteiger partial charge in [0.15, 0.2) is 0 Å². The number of fused-ring (bicyclic) bond motifs is 2. The van der Waals surface area contributed by atoms with E-state index in [1.165, 1.54) is 4.68 Å². The topological polar surface area (TPSA) is 94.6 Å². The van der Waals surface area contributed by atoms with E-state index in [1.807, 2.05) is 30.5 Å². The van der Waals surface area contributed by atoms with Crippen molar-refractivity contribution in [2.24, 2.45) is 0 Å². The lowest BCUT2D eigenvalue weighted by Gasteiger charge is -2.41. The Morgan fingerprint density at radius 1 is 1.19 bits per heavy atom. The summed E-state index contributed by atoms with van der Waals surface area (Å²) in [5.74, 6) is 0.984. The number of alkyl halides is 2. The van der Waals surface area contributed by atoms with Gasteiger partial charge in [0.25, 0.3) is 0 Å². The van der Waals surface area contributed by atoms with Crippen molar-refractivity contribution in [1.82, 2.24) is 34.5 Å². The number of nitrogens with zero attached hydrogens (tertiary/aromatic N) is 7. The molecule has 190 valence electrons. The maximum absolute atomic E-state index is 12.7. The molecule has 0 atom stereocenters. The molecule has 0 saturated carbocycles. The Balaban J connectivity index is 1.25. The van der Waals surface area contributed by atoms with Crippen LogP contribution in [0.25, 0.3) is 27.7 Å². The third-order valence-corrected chi connectivity index (χ3v) is 7.06. The van der Waals surface area contributed by atoms with Crippen molar-refractivity contribution in [1.29, 1.82) is 0 Å². The Hall–Kier alpha value is -3.38. The molecule has 0 spiro atoms. The Morgan fingerprint density at radius 3 is 2.75 bits per heavy atom. The number of halogens is 2. The van der Waals surface area contributed by atoms with Crippen LogP contribution in [0.15, 0.2) is 30.5 Å². The summed E-state index contributed by atoms with van der Waals surface area (Å²) in [4.78, 5) is 7.16. The van der Waals surface area contributed by atoms with Crippen LogP contribution in [-0.4, -0.2) is 86.4 Å². The predicted octanol–water partition coefficient (Wildman–Crippen LogP) is 3.08. The number of likely N-dealkylation sites (tertiary alicyclic amines) is 1. The second-order valence-electron chi connectivity index (χ2n) is 9.31. The highest BCUT2D eigenvalue weighted by Crippen LogP contribution is 2.33. The van der Waals surface area contributed by atoms with Gasteiger partial charge in [0.2, 0.25) is 18.3 Å². The average Bonchev–Trinajstić information content (AvgIpc) is 3.46. The molecule has 10 nitrogen and oxygen atoms in total. The van der Waals surface area contributed by atoms with Crippen molar-refractivity contribution >= 4 is 22.5 Å². The van der Waals surface area contributed by atoms with Gasteiger partial charge in [-0.1, -0.05) is 11.3 Å². The van der Waals surface area contributed by atoms with Crippen LogP contribution in [-0.2, 0) is 11.3 Å². The number of rotatable bonds is 8. The minimum Gasteiger partial charge on any atom is -0.479 e. The van der Waals surface area contributed by atoms with E-state index in [-0.39, 0.29) is 13.0 Å². The fourth-order valence-corrected chi connectivity index (χ4v) is 4.97. The quantitative estimate of drug-likeness (QED) is 0.396. The van der Waals surface area contributed by atoms with Gasteiger partial charge in [-0.2, -0.15) is 4.98 Å². The molecule has 2 aliphatic heterocycles. The highest BCUT2D eigenvalue weighted by atomic mass is 19.3. The molecule has 2 aliphatic rings. The molecule has 6 rings (SSSR count). The minimum absolute atomic E-state index is 0.100. The van der Waals surface area contributed by atoms with E-state index in [1.54, 1.807) is 11.6 Å². The van der Waals surface area contributed by atoms with Crippen LogP contribution in [0.2, 0.25) is 0 Å². The summed E-state index contributed by atoms with van der Waals surface area (Å²) in [6.07, 6.45) is 1.24. The molecular weight excluding hydrogens is 470 g/mol. The van der Waals surface area contributed by atoms with Crippen LogP contribution >= 0.6 is 0 Å². The largest absolute Gasteiger partial charge is 0.479 e. The molecular formula is C24H28F2N8O2. The minimum atomic E-state index is -2.39. The number of nitrogens with one attached hydrogen (secondary N) is 1. The number of hydrogen-bond acceptors (Lipinski definition) is 8. The van der Waals surface area contributed by atoms with E-state index < -0.39 is 6.43 Å². The first kappa shape index (κ1) is 23.0. The molecule has 0 aliphatic carbocycles. The van der Waals surface area contributed by atoms with Crippen LogP contribution in [0.4, 0.5) is 14.7 Å². The highest BCUT2D eigenvalue weighted by Gasteiger charge is 2.30. The number of ether oxygens (including phenoxy) is 2. The zero-order valence-electron chi connectivity index (χ0n) is 20.0. The van der Waals surface area contributed by atoms with Crippen molar-refractivity contribution in [2.75, 3.05) is 38.7 Å². The lowest BCUT2D eigenvalue weighted by atomic mass is 10.0. The summed E-state index contributed by atoms with van der Waals surface area (Å²) in [7, 11) is 1.59. The maximum Gasteiger partial charge on any atom is 0.244 e.